The Balaban J connectivity index is 2.17. The van der Waals surface area contributed by atoms with Gasteiger partial charge < -0.3 is 4.74 Å². The van der Waals surface area contributed by atoms with Crippen molar-refractivity contribution in [1.29, 1.82) is 0 Å². The first-order chi connectivity index (χ1) is 10.8. The third-order valence-corrected chi connectivity index (χ3v) is 5.26. The Morgan fingerprint density at radius 3 is 2.39 bits per heavy atom. The second-order valence-electron chi connectivity index (χ2n) is 4.59. The maximum Gasteiger partial charge on any atom is 0.240 e. The van der Waals surface area contributed by atoms with Gasteiger partial charge in [0.05, 0.1) is 16.5 Å². The predicted molar refractivity (Wildman–Crippen MR) is 93.1 cm³/mol. The second kappa shape index (κ2) is 7.73. The molecule has 0 amide bonds. The Labute approximate surface area is 150 Å². The molecule has 0 radical (unpaired) electrons. The number of sulfonamides is 1. The summed E-state index contributed by atoms with van der Waals surface area (Å²) in [4.78, 5) is 0.0519. The minimum absolute atomic E-state index is 0.0448. The average Bonchev–Trinajstić information content (AvgIpc) is 2.48. The van der Waals surface area contributed by atoms with Crippen LogP contribution in [0.5, 0.6) is 5.75 Å². The van der Waals surface area contributed by atoms with Crippen LogP contribution in [0.2, 0.25) is 15.1 Å². The number of hydrogen-bond donors (Lipinski definition) is 1. The van der Waals surface area contributed by atoms with Crippen LogP contribution in [0.4, 0.5) is 0 Å². The molecule has 1 N–H and O–H groups in total. The first-order valence-corrected chi connectivity index (χ1v) is 9.31. The molecular weight excluding hydrogens is 381 g/mol. The van der Waals surface area contributed by atoms with Gasteiger partial charge in [-0.15, -0.1) is 0 Å². The molecule has 0 bridgehead atoms. The van der Waals surface area contributed by atoms with Crippen molar-refractivity contribution in [2.75, 3.05) is 6.61 Å². The molecule has 0 aliphatic heterocycles. The van der Waals surface area contributed by atoms with E-state index in [4.69, 9.17) is 39.5 Å². The molecule has 2 aromatic carbocycles. The summed E-state index contributed by atoms with van der Waals surface area (Å²) in [6.45, 7) is 2.31. The maximum absolute atomic E-state index is 12.3. The van der Waals surface area contributed by atoms with E-state index >= 15 is 0 Å². The van der Waals surface area contributed by atoms with E-state index < -0.39 is 10.0 Å². The molecule has 0 aliphatic carbocycles. The molecule has 0 aliphatic rings. The molecule has 0 atom stereocenters. The molecule has 0 saturated carbocycles. The lowest BCUT2D eigenvalue weighted by molar-refractivity contribution is 0.340. The number of halogens is 3. The lowest BCUT2D eigenvalue weighted by atomic mass is 10.2. The summed E-state index contributed by atoms with van der Waals surface area (Å²) in [6.07, 6.45) is 0. The van der Waals surface area contributed by atoms with E-state index in [1.165, 1.54) is 18.2 Å². The van der Waals surface area contributed by atoms with Gasteiger partial charge in [0.1, 0.15) is 5.75 Å². The van der Waals surface area contributed by atoms with Crippen LogP contribution in [0.15, 0.2) is 41.3 Å². The van der Waals surface area contributed by atoms with Crippen molar-refractivity contribution < 1.29 is 13.2 Å². The topological polar surface area (TPSA) is 55.4 Å². The molecule has 0 spiro atoms. The summed E-state index contributed by atoms with van der Waals surface area (Å²) in [7, 11) is -3.72. The lowest BCUT2D eigenvalue weighted by Crippen LogP contribution is -2.23. The zero-order valence-corrected chi connectivity index (χ0v) is 15.2. The SMILES string of the molecule is CCOc1ccc(S(=O)(=O)NCc2ccc(Cl)cc2Cl)cc1Cl. The molecule has 23 heavy (non-hydrogen) atoms. The molecule has 4 nitrogen and oxygen atoms in total. The number of benzene rings is 2. The largest absolute Gasteiger partial charge is 0.492 e. The van der Waals surface area contributed by atoms with Gasteiger partial charge in [0.15, 0.2) is 0 Å². The highest BCUT2D eigenvalue weighted by Gasteiger charge is 2.16. The normalized spacial score (nSPS) is 11.5. The van der Waals surface area contributed by atoms with E-state index in [2.05, 4.69) is 4.72 Å². The summed E-state index contributed by atoms with van der Waals surface area (Å²) in [5.74, 6) is 0.439. The van der Waals surface area contributed by atoms with Crippen LogP contribution in [0.1, 0.15) is 12.5 Å². The van der Waals surface area contributed by atoms with Gasteiger partial charge in [0.2, 0.25) is 10.0 Å². The molecule has 0 heterocycles. The number of rotatable bonds is 6. The quantitative estimate of drug-likeness (QED) is 0.783. The zero-order chi connectivity index (χ0) is 17.0. The highest BCUT2D eigenvalue weighted by Crippen LogP contribution is 2.27. The summed E-state index contributed by atoms with van der Waals surface area (Å²) in [5, 5.41) is 1.11. The van der Waals surface area contributed by atoms with Crippen molar-refractivity contribution >= 4 is 44.8 Å². The molecule has 0 saturated heterocycles. The number of nitrogens with one attached hydrogen (secondary N) is 1. The van der Waals surface area contributed by atoms with Crippen LogP contribution in [0.25, 0.3) is 0 Å². The van der Waals surface area contributed by atoms with Crippen LogP contribution < -0.4 is 9.46 Å². The first kappa shape index (κ1) is 18.4. The maximum atomic E-state index is 12.3. The van der Waals surface area contributed by atoms with E-state index in [9.17, 15) is 8.42 Å². The van der Waals surface area contributed by atoms with Crippen molar-refractivity contribution in [3.63, 3.8) is 0 Å². The monoisotopic (exact) mass is 393 g/mol. The Morgan fingerprint density at radius 1 is 1.04 bits per heavy atom. The van der Waals surface area contributed by atoms with Gasteiger partial charge in [-0.05, 0) is 42.8 Å². The van der Waals surface area contributed by atoms with Gasteiger partial charge >= 0.3 is 0 Å². The van der Waals surface area contributed by atoms with Gasteiger partial charge in [0.25, 0.3) is 0 Å². The van der Waals surface area contributed by atoms with E-state index in [1.807, 2.05) is 6.92 Å². The minimum atomic E-state index is -3.72. The Kier molecular flexibility index (Phi) is 6.17. The van der Waals surface area contributed by atoms with Crippen LogP contribution in [-0.2, 0) is 16.6 Å². The van der Waals surface area contributed by atoms with Crippen LogP contribution in [0, 0.1) is 0 Å². The second-order valence-corrected chi connectivity index (χ2v) is 7.60. The van der Waals surface area contributed by atoms with Crippen LogP contribution in [0.3, 0.4) is 0 Å². The summed E-state index contributed by atoms with van der Waals surface area (Å²) in [5.41, 5.74) is 0.622. The van der Waals surface area contributed by atoms with Crippen LogP contribution in [-0.4, -0.2) is 15.0 Å². The highest BCUT2D eigenvalue weighted by molar-refractivity contribution is 7.89. The van der Waals surface area contributed by atoms with Crippen molar-refractivity contribution in [2.45, 2.75) is 18.4 Å². The van der Waals surface area contributed by atoms with Crippen molar-refractivity contribution in [3.8, 4) is 5.75 Å². The fourth-order valence-electron chi connectivity index (χ4n) is 1.84. The van der Waals surface area contributed by atoms with Crippen molar-refractivity contribution in [3.05, 3.63) is 57.0 Å². The highest BCUT2D eigenvalue weighted by atomic mass is 35.5. The van der Waals surface area contributed by atoms with Crippen LogP contribution >= 0.6 is 34.8 Å². The van der Waals surface area contributed by atoms with E-state index in [0.29, 0.717) is 28.0 Å². The fourth-order valence-corrected chi connectivity index (χ4v) is 3.65. The fraction of sp³-hybridized carbons (Fsp3) is 0.200. The predicted octanol–water partition coefficient (Wildman–Crippen LogP) is 4.52. The third kappa shape index (κ3) is 4.75. The van der Waals surface area contributed by atoms with Gasteiger partial charge in [0, 0.05) is 16.6 Å². The molecule has 8 heteroatoms. The molecule has 2 rings (SSSR count). The third-order valence-electron chi connectivity index (χ3n) is 2.98. The van der Waals surface area contributed by atoms with Gasteiger partial charge in [-0.3, -0.25) is 0 Å². The molecule has 0 fully saturated rings. The first-order valence-electron chi connectivity index (χ1n) is 6.69. The Bertz CT molecular complexity index is 810. The molecule has 124 valence electrons. The van der Waals surface area contributed by atoms with Gasteiger partial charge in [-0.25, -0.2) is 13.1 Å². The standard InChI is InChI=1S/C15H14Cl3NO3S/c1-2-22-15-6-5-12(8-14(15)18)23(20,21)19-9-10-3-4-11(16)7-13(10)17/h3-8,19H,2,9H2,1H3. The lowest BCUT2D eigenvalue weighted by Gasteiger charge is -2.10. The number of hydrogen-bond acceptors (Lipinski definition) is 3. The van der Waals surface area contributed by atoms with Crippen molar-refractivity contribution in [2.24, 2.45) is 0 Å². The van der Waals surface area contributed by atoms with E-state index in [0.717, 1.165) is 0 Å². The van der Waals surface area contributed by atoms with Gasteiger partial charge in [-0.1, -0.05) is 40.9 Å². The molecular formula is C15H14Cl3NO3S. The molecule has 0 aromatic heterocycles. The zero-order valence-electron chi connectivity index (χ0n) is 12.1. The minimum Gasteiger partial charge on any atom is -0.492 e. The molecule has 0 unspecified atom stereocenters. The average molecular weight is 395 g/mol. The molecule has 2 aromatic rings. The van der Waals surface area contributed by atoms with E-state index in [1.54, 1.807) is 18.2 Å². The summed E-state index contributed by atoms with van der Waals surface area (Å²) < 4.78 is 32.4. The summed E-state index contributed by atoms with van der Waals surface area (Å²) in [6, 6.07) is 9.17. The van der Waals surface area contributed by atoms with E-state index in [-0.39, 0.29) is 16.5 Å². The van der Waals surface area contributed by atoms with Crippen molar-refractivity contribution in [1.82, 2.24) is 4.72 Å². The Morgan fingerprint density at radius 2 is 1.78 bits per heavy atom. The van der Waals surface area contributed by atoms with Gasteiger partial charge in [-0.2, -0.15) is 0 Å². The number of ether oxygens (including phenoxy) is 1. The smallest absolute Gasteiger partial charge is 0.240 e. The Hall–Kier alpha value is -0.980. The summed E-state index contributed by atoms with van der Waals surface area (Å²) >= 11 is 17.9.